The molecule has 0 saturated carbocycles. The first kappa shape index (κ1) is 20.5. The van der Waals surface area contributed by atoms with Crippen LogP contribution in [0.1, 0.15) is 66.8 Å². The first-order valence-corrected chi connectivity index (χ1v) is 9.27. The Morgan fingerprint density at radius 2 is 1.81 bits per heavy atom. The van der Waals surface area contributed by atoms with Crippen LogP contribution in [0.5, 0.6) is 0 Å². The van der Waals surface area contributed by atoms with Gasteiger partial charge in [0.15, 0.2) is 10.9 Å². The van der Waals surface area contributed by atoms with Gasteiger partial charge < -0.3 is 4.57 Å². The van der Waals surface area contributed by atoms with Crippen molar-refractivity contribution < 1.29 is 18.0 Å². The second-order valence-corrected chi connectivity index (χ2v) is 7.67. The Hall–Kier alpha value is -1.83. The zero-order valence-electron chi connectivity index (χ0n) is 15.4. The maximum atomic E-state index is 12.8. The summed E-state index contributed by atoms with van der Waals surface area (Å²) in [6, 6.07) is 5.78. The van der Waals surface area contributed by atoms with Crippen molar-refractivity contribution in [1.29, 1.82) is 0 Å². The van der Waals surface area contributed by atoms with E-state index < -0.39 is 12.0 Å². The highest BCUT2D eigenvalue weighted by Gasteiger charge is 2.37. The fraction of sp³-hybridized carbons (Fsp3) is 0.500. The average molecular weight is 385 g/mol. The van der Waals surface area contributed by atoms with E-state index in [2.05, 4.69) is 24.0 Å². The Morgan fingerprint density at radius 1 is 1.15 bits per heavy atom. The minimum atomic E-state index is -4.57. The topological polar surface area (TPSA) is 47.8 Å². The van der Waals surface area contributed by atoms with Gasteiger partial charge in [0.1, 0.15) is 0 Å². The van der Waals surface area contributed by atoms with Crippen LogP contribution >= 0.6 is 11.8 Å². The monoisotopic (exact) mass is 385 g/mol. The number of hydrogen-bond donors (Lipinski definition) is 0. The van der Waals surface area contributed by atoms with Gasteiger partial charge in [-0.25, -0.2) is 0 Å². The van der Waals surface area contributed by atoms with E-state index in [0.717, 1.165) is 27.5 Å². The minimum Gasteiger partial charge on any atom is -0.302 e. The van der Waals surface area contributed by atoms with E-state index in [0.29, 0.717) is 11.5 Å². The summed E-state index contributed by atoms with van der Waals surface area (Å²) in [5.41, 5.74) is 2.71. The predicted molar refractivity (Wildman–Crippen MR) is 95.7 cm³/mol. The zero-order valence-corrected chi connectivity index (χ0v) is 16.2. The van der Waals surface area contributed by atoms with Crippen LogP contribution in [0.2, 0.25) is 0 Å². The third kappa shape index (κ3) is 4.47. The molecule has 0 spiro atoms. The molecule has 1 aromatic carbocycles. The summed E-state index contributed by atoms with van der Waals surface area (Å²) in [6.45, 7) is 8.20. The van der Waals surface area contributed by atoms with Crippen LogP contribution in [0.25, 0.3) is 0 Å². The van der Waals surface area contributed by atoms with Gasteiger partial charge in [-0.3, -0.25) is 4.79 Å². The highest BCUT2D eigenvalue weighted by molar-refractivity contribution is 7.99. The van der Waals surface area contributed by atoms with Crippen molar-refractivity contribution in [2.75, 3.05) is 5.75 Å². The third-order valence-corrected chi connectivity index (χ3v) is 5.11. The molecule has 1 heterocycles. The van der Waals surface area contributed by atoms with Crippen LogP contribution < -0.4 is 0 Å². The summed E-state index contributed by atoms with van der Waals surface area (Å²) in [5.74, 6) is -0.679. The largest absolute Gasteiger partial charge is 0.451 e. The molecular weight excluding hydrogens is 363 g/mol. The van der Waals surface area contributed by atoms with Crippen molar-refractivity contribution in [3.05, 3.63) is 40.7 Å². The fourth-order valence-corrected chi connectivity index (χ4v) is 3.36. The Morgan fingerprint density at radius 3 is 2.31 bits per heavy atom. The minimum absolute atomic E-state index is 0.00454. The molecule has 2 rings (SSSR count). The van der Waals surface area contributed by atoms with Crippen LogP contribution in [0, 0.1) is 0 Å². The van der Waals surface area contributed by atoms with Gasteiger partial charge in [0, 0.05) is 12.6 Å². The van der Waals surface area contributed by atoms with Crippen LogP contribution in [0.3, 0.4) is 0 Å². The quantitative estimate of drug-likeness (QED) is 0.515. The molecule has 142 valence electrons. The van der Waals surface area contributed by atoms with Gasteiger partial charge in [0.05, 0.1) is 5.75 Å². The van der Waals surface area contributed by atoms with Crippen molar-refractivity contribution in [1.82, 2.24) is 14.8 Å². The standard InChI is InChI=1S/C18H22F3N3OS/c1-10(2)12-6-7-13(14(8-12)11(3)4)15(25)9-26-17-23-22-16(24(17)5)18(19,20)21/h6-8,10-11H,9H2,1-5H3. The van der Waals surface area contributed by atoms with E-state index in [9.17, 15) is 18.0 Å². The molecule has 1 aromatic heterocycles. The van der Waals surface area contributed by atoms with Crippen molar-refractivity contribution in [3.8, 4) is 0 Å². The number of aromatic nitrogens is 3. The molecular formula is C18H22F3N3OS. The van der Waals surface area contributed by atoms with Gasteiger partial charge in [-0.05, 0) is 23.0 Å². The lowest BCUT2D eigenvalue weighted by atomic mass is 9.90. The molecule has 8 heteroatoms. The molecule has 0 N–H and O–H groups in total. The molecule has 0 saturated heterocycles. The average Bonchev–Trinajstić information content (AvgIpc) is 2.92. The normalized spacial score (nSPS) is 12.2. The lowest BCUT2D eigenvalue weighted by Gasteiger charge is -2.15. The SMILES string of the molecule is CC(C)c1ccc(C(=O)CSc2nnc(C(F)(F)F)n2C)c(C(C)C)c1. The van der Waals surface area contributed by atoms with Gasteiger partial charge in [0.2, 0.25) is 5.82 Å². The Labute approximate surface area is 155 Å². The summed E-state index contributed by atoms with van der Waals surface area (Å²) < 4.78 is 39.2. The number of hydrogen-bond acceptors (Lipinski definition) is 4. The number of halogens is 3. The molecule has 0 bridgehead atoms. The van der Waals surface area contributed by atoms with Gasteiger partial charge in [-0.2, -0.15) is 13.2 Å². The van der Waals surface area contributed by atoms with E-state index in [1.165, 1.54) is 7.05 Å². The molecule has 0 fully saturated rings. The Balaban J connectivity index is 2.20. The lowest BCUT2D eigenvalue weighted by Crippen LogP contribution is -2.13. The van der Waals surface area contributed by atoms with Crippen LogP contribution in [0.15, 0.2) is 23.4 Å². The van der Waals surface area contributed by atoms with E-state index in [1.54, 1.807) is 0 Å². The molecule has 4 nitrogen and oxygen atoms in total. The molecule has 26 heavy (non-hydrogen) atoms. The number of Topliss-reactive ketones (excluding diaryl/α,β-unsaturated/α-hetero) is 1. The maximum absolute atomic E-state index is 12.8. The number of alkyl halides is 3. The Kier molecular flexibility index (Phi) is 6.16. The van der Waals surface area contributed by atoms with Gasteiger partial charge >= 0.3 is 6.18 Å². The number of thioether (sulfide) groups is 1. The Bertz CT molecular complexity index is 797. The molecule has 0 aliphatic heterocycles. The fourth-order valence-electron chi connectivity index (χ4n) is 2.57. The summed E-state index contributed by atoms with van der Waals surface area (Å²) in [5, 5.41) is 6.78. The van der Waals surface area contributed by atoms with Crippen molar-refractivity contribution in [3.63, 3.8) is 0 Å². The predicted octanol–water partition coefficient (Wildman–Crippen LogP) is 5.06. The van der Waals surface area contributed by atoms with E-state index >= 15 is 0 Å². The second kappa shape index (κ2) is 7.82. The van der Waals surface area contributed by atoms with E-state index in [4.69, 9.17) is 0 Å². The molecule has 0 aliphatic carbocycles. The third-order valence-electron chi connectivity index (χ3n) is 4.09. The number of nitrogens with zero attached hydrogens (tertiary/aromatic N) is 3. The summed E-state index contributed by atoms with van der Waals surface area (Å²) in [7, 11) is 1.24. The van der Waals surface area contributed by atoms with Crippen LogP contribution in [-0.4, -0.2) is 26.3 Å². The molecule has 0 atom stereocenters. The summed E-state index contributed by atoms with van der Waals surface area (Å²) >= 11 is 0.958. The number of carbonyl (C=O) groups excluding carboxylic acids is 1. The van der Waals surface area contributed by atoms with Gasteiger partial charge in [-0.15, -0.1) is 10.2 Å². The number of ketones is 1. The number of benzene rings is 1. The van der Waals surface area contributed by atoms with Crippen molar-refractivity contribution in [2.24, 2.45) is 7.05 Å². The molecule has 0 radical (unpaired) electrons. The lowest BCUT2D eigenvalue weighted by molar-refractivity contribution is -0.147. The zero-order chi connectivity index (χ0) is 19.6. The van der Waals surface area contributed by atoms with Crippen molar-refractivity contribution >= 4 is 17.5 Å². The first-order chi connectivity index (χ1) is 12.0. The van der Waals surface area contributed by atoms with E-state index in [-0.39, 0.29) is 22.6 Å². The summed E-state index contributed by atoms with van der Waals surface area (Å²) in [4.78, 5) is 12.6. The highest BCUT2D eigenvalue weighted by atomic mass is 32.2. The maximum Gasteiger partial charge on any atom is 0.451 e. The van der Waals surface area contributed by atoms with Crippen LogP contribution in [0.4, 0.5) is 13.2 Å². The smallest absolute Gasteiger partial charge is 0.302 e. The molecule has 0 unspecified atom stereocenters. The number of rotatable bonds is 6. The van der Waals surface area contributed by atoms with E-state index in [1.807, 2.05) is 32.0 Å². The molecule has 0 aliphatic rings. The van der Waals surface area contributed by atoms with Gasteiger partial charge in [-0.1, -0.05) is 57.7 Å². The molecule has 2 aromatic rings. The number of carbonyl (C=O) groups is 1. The first-order valence-electron chi connectivity index (χ1n) is 8.28. The van der Waals surface area contributed by atoms with Gasteiger partial charge in [0.25, 0.3) is 0 Å². The highest BCUT2D eigenvalue weighted by Crippen LogP contribution is 2.30. The second-order valence-electron chi connectivity index (χ2n) is 6.73. The van der Waals surface area contributed by atoms with Crippen LogP contribution in [-0.2, 0) is 13.2 Å². The van der Waals surface area contributed by atoms with Crippen molar-refractivity contribution in [2.45, 2.75) is 50.9 Å². The summed E-state index contributed by atoms with van der Waals surface area (Å²) in [6.07, 6.45) is -4.57. The molecule has 0 amide bonds.